The minimum absolute atomic E-state index is 0.313. The fraction of sp³-hybridized carbons (Fsp3) is 0.216. The Hall–Kier alpha value is -4.57. The summed E-state index contributed by atoms with van der Waals surface area (Å²) in [6, 6.07) is 35.7. The summed E-state index contributed by atoms with van der Waals surface area (Å²) in [5.41, 5.74) is 3.92. The second kappa shape index (κ2) is 13.7. The van der Waals surface area contributed by atoms with Gasteiger partial charge in [0.15, 0.2) is 0 Å². The van der Waals surface area contributed by atoms with Crippen molar-refractivity contribution in [3.8, 4) is 22.6 Å². The Kier molecular flexibility index (Phi) is 9.33. The monoisotopic (exact) mass is 544 g/mol. The predicted octanol–water partition coefficient (Wildman–Crippen LogP) is 9.30. The van der Waals surface area contributed by atoms with Crippen molar-refractivity contribution in [2.24, 2.45) is 0 Å². The molecule has 5 aromatic carbocycles. The lowest BCUT2D eigenvalue weighted by atomic mass is 9.97. The first-order valence-electron chi connectivity index (χ1n) is 14.3. The molecule has 0 atom stereocenters. The summed E-state index contributed by atoms with van der Waals surface area (Å²) in [4.78, 5) is 11.4. The molecule has 0 aliphatic heterocycles. The molecule has 0 amide bonds. The number of hydrogen-bond donors (Lipinski definition) is 0. The lowest BCUT2D eigenvalue weighted by molar-refractivity contribution is -0.139. The first kappa shape index (κ1) is 28.0. The molecule has 0 saturated heterocycles. The third-order valence-electron chi connectivity index (χ3n) is 7.20. The van der Waals surface area contributed by atoms with E-state index in [0.29, 0.717) is 25.4 Å². The van der Waals surface area contributed by atoms with Crippen molar-refractivity contribution in [1.82, 2.24) is 0 Å². The van der Waals surface area contributed by atoms with Crippen LogP contribution >= 0.6 is 0 Å². The van der Waals surface area contributed by atoms with Gasteiger partial charge in [-0.1, -0.05) is 79.4 Å². The Morgan fingerprint density at radius 3 is 1.71 bits per heavy atom. The molecule has 0 radical (unpaired) electrons. The van der Waals surface area contributed by atoms with Crippen LogP contribution in [0.1, 0.15) is 38.2 Å². The summed E-state index contributed by atoms with van der Waals surface area (Å²) in [6.45, 7) is 6.87. The summed E-state index contributed by atoms with van der Waals surface area (Å²) in [5.74, 6) is 1.40. The Balaban J connectivity index is 1.10. The van der Waals surface area contributed by atoms with Gasteiger partial charge in [-0.25, -0.2) is 4.79 Å². The smallest absolute Gasteiger partial charge is 0.333 e. The van der Waals surface area contributed by atoms with Crippen molar-refractivity contribution in [2.75, 3.05) is 13.2 Å². The zero-order chi connectivity index (χ0) is 28.4. The number of carbonyl (C=O) groups is 1. The maximum Gasteiger partial charge on any atom is 0.333 e. The number of hydrogen-bond acceptors (Lipinski definition) is 4. The quantitative estimate of drug-likeness (QED) is 0.0641. The average Bonchev–Trinajstić information content (AvgIpc) is 3.01. The fourth-order valence-electron chi connectivity index (χ4n) is 4.94. The molecule has 0 aliphatic carbocycles. The van der Waals surface area contributed by atoms with Crippen LogP contribution in [-0.2, 0) is 16.1 Å². The van der Waals surface area contributed by atoms with Crippen LogP contribution in [0.25, 0.3) is 32.7 Å². The summed E-state index contributed by atoms with van der Waals surface area (Å²) in [5, 5.41) is 4.91. The molecule has 0 aliphatic rings. The second-order valence-electron chi connectivity index (χ2n) is 10.3. The molecule has 4 heteroatoms. The maximum atomic E-state index is 11.4. The Labute approximate surface area is 242 Å². The summed E-state index contributed by atoms with van der Waals surface area (Å²) >= 11 is 0. The van der Waals surface area contributed by atoms with Crippen LogP contribution in [-0.4, -0.2) is 19.2 Å². The van der Waals surface area contributed by atoms with Crippen molar-refractivity contribution in [3.05, 3.63) is 121 Å². The van der Waals surface area contributed by atoms with Gasteiger partial charge < -0.3 is 14.2 Å². The first-order valence-corrected chi connectivity index (χ1v) is 14.3. The van der Waals surface area contributed by atoms with E-state index in [1.807, 2.05) is 24.3 Å². The molecule has 0 fully saturated rings. The van der Waals surface area contributed by atoms with Gasteiger partial charge in [-0.3, -0.25) is 0 Å². The van der Waals surface area contributed by atoms with Crippen molar-refractivity contribution in [2.45, 2.75) is 39.2 Å². The molecule has 208 valence electrons. The number of unbranched alkanes of at least 4 members (excludes halogenated alkanes) is 3. The number of carbonyl (C=O) groups excluding carboxylic acids is 1. The molecule has 5 aromatic rings. The largest absolute Gasteiger partial charge is 0.494 e. The molecule has 0 unspecified atom stereocenters. The van der Waals surface area contributed by atoms with Crippen LogP contribution in [0.3, 0.4) is 0 Å². The summed E-state index contributed by atoms with van der Waals surface area (Å²) < 4.78 is 17.3. The van der Waals surface area contributed by atoms with Gasteiger partial charge in [-0.2, -0.15) is 0 Å². The second-order valence-corrected chi connectivity index (χ2v) is 10.3. The van der Waals surface area contributed by atoms with Crippen molar-refractivity contribution in [3.63, 3.8) is 0 Å². The lowest BCUT2D eigenvalue weighted by Gasteiger charge is -2.13. The van der Waals surface area contributed by atoms with E-state index in [9.17, 15) is 4.79 Å². The Morgan fingerprint density at radius 2 is 1.15 bits per heavy atom. The maximum absolute atomic E-state index is 11.4. The molecule has 0 spiro atoms. The minimum atomic E-state index is -0.313. The highest BCUT2D eigenvalue weighted by atomic mass is 16.5. The first-order chi connectivity index (χ1) is 20.1. The van der Waals surface area contributed by atoms with E-state index >= 15 is 0 Å². The van der Waals surface area contributed by atoms with Gasteiger partial charge in [0, 0.05) is 11.1 Å². The number of benzene rings is 5. The molecular weight excluding hydrogens is 508 g/mol. The number of rotatable bonds is 13. The van der Waals surface area contributed by atoms with Gasteiger partial charge in [0.05, 0.1) is 13.2 Å². The van der Waals surface area contributed by atoms with E-state index < -0.39 is 0 Å². The number of esters is 1. The molecule has 0 aromatic heterocycles. The third kappa shape index (κ3) is 7.34. The van der Waals surface area contributed by atoms with E-state index in [1.165, 1.54) is 27.1 Å². The van der Waals surface area contributed by atoms with Gasteiger partial charge in [0.2, 0.25) is 0 Å². The standard InChI is InChI=1S/C37H36O4/c1-27(2)37(38)40-24-10-4-3-9-23-39-32-19-15-28(16-20-32)29-17-21-33(22-18-29)41-26-36-34-13-7-5-11-30(34)25-31-12-6-8-14-35(31)36/h5-8,11-22,25H,1,3-4,9-10,23-24,26H2,2H3. The molecule has 4 nitrogen and oxygen atoms in total. The van der Waals surface area contributed by atoms with E-state index in [-0.39, 0.29) is 5.97 Å². The molecule has 0 saturated carbocycles. The molecule has 0 N–H and O–H groups in total. The van der Waals surface area contributed by atoms with E-state index in [2.05, 4.69) is 85.4 Å². The van der Waals surface area contributed by atoms with Crippen molar-refractivity contribution in [1.29, 1.82) is 0 Å². The molecular formula is C37H36O4. The third-order valence-corrected chi connectivity index (χ3v) is 7.20. The highest BCUT2D eigenvalue weighted by Gasteiger charge is 2.09. The number of fused-ring (bicyclic) bond motifs is 2. The zero-order valence-corrected chi connectivity index (χ0v) is 23.6. The highest BCUT2D eigenvalue weighted by molar-refractivity contribution is 6.02. The highest BCUT2D eigenvalue weighted by Crippen LogP contribution is 2.30. The van der Waals surface area contributed by atoms with E-state index in [1.54, 1.807) is 6.92 Å². The number of ether oxygens (including phenoxy) is 3. The van der Waals surface area contributed by atoms with E-state index in [4.69, 9.17) is 14.2 Å². The topological polar surface area (TPSA) is 44.8 Å². The molecule has 0 bridgehead atoms. The molecule has 0 heterocycles. The fourth-order valence-corrected chi connectivity index (χ4v) is 4.94. The lowest BCUT2D eigenvalue weighted by Crippen LogP contribution is -2.06. The van der Waals surface area contributed by atoms with Crippen LogP contribution in [0, 0.1) is 0 Å². The van der Waals surface area contributed by atoms with Gasteiger partial charge >= 0.3 is 5.97 Å². The van der Waals surface area contributed by atoms with Crippen LogP contribution in [0.15, 0.2) is 115 Å². The van der Waals surface area contributed by atoms with Gasteiger partial charge in [-0.15, -0.1) is 0 Å². The van der Waals surface area contributed by atoms with E-state index in [0.717, 1.165) is 48.3 Å². The van der Waals surface area contributed by atoms with Gasteiger partial charge in [0.1, 0.15) is 18.1 Å². The molecule has 41 heavy (non-hydrogen) atoms. The van der Waals surface area contributed by atoms with Gasteiger partial charge in [0.25, 0.3) is 0 Å². The van der Waals surface area contributed by atoms with Crippen LogP contribution in [0.2, 0.25) is 0 Å². The van der Waals surface area contributed by atoms with Crippen molar-refractivity contribution < 1.29 is 19.0 Å². The van der Waals surface area contributed by atoms with Crippen molar-refractivity contribution >= 4 is 27.5 Å². The van der Waals surface area contributed by atoms with Gasteiger partial charge in [-0.05, 0) is 95.6 Å². The normalized spacial score (nSPS) is 11.0. The molecule has 5 rings (SSSR count). The Bertz CT molecular complexity index is 1560. The zero-order valence-electron chi connectivity index (χ0n) is 23.6. The summed E-state index contributed by atoms with van der Waals surface area (Å²) in [6.07, 6.45) is 3.86. The predicted molar refractivity (Wildman–Crippen MR) is 167 cm³/mol. The Morgan fingerprint density at radius 1 is 0.634 bits per heavy atom. The minimum Gasteiger partial charge on any atom is -0.494 e. The SMILES string of the molecule is C=C(C)C(=O)OCCCCCCOc1ccc(-c2ccc(OCc3c4ccccc4cc4ccccc34)cc2)cc1. The average molecular weight is 545 g/mol. The van der Waals surface area contributed by atoms with Crippen LogP contribution in [0.5, 0.6) is 11.5 Å². The van der Waals surface area contributed by atoms with Crippen LogP contribution in [0.4, 0.5) is 0 Å². The summed E-state index contributed by atoms with van der Waals surface area (Å²) in [7, 11) is 0. The van der Waals surface area contributed by atoms with Crippen LogP contribution < -0.4 is 9.47 Å².